The van der Waals surface area contributed by atoms with Crippen molar-refractivity contribution < 1.29 is 14.2 Å². The van der Waals surface area contributed by atoms with Crippen LogP contribution < -0.4 is 0 Å². The van der Waals surface area contributed by atoms with Crippen LogP contribution in [0.4, 0.5) is 4.79 Å². The van der Waals surface area contributed by atoms with Gasteiger partial charge in [-0.15, -0.1) is 10.1 Å². The van der Waals surface area contributed by atoms with Gasteiger partial charge in [-0.1, -0.05) is 24.1 Å². The third-order valence-electron chi connectivity index (χ3n) is 4.27. The summed E-state index contributed by atoms with van der Waals surface area (Å²) in [6, 6.07) is -0.859. The number of urea groups is 1. The Morgan fingerprint density at radius 1 is 1.38 bits per heavy atom. The molecule has 1 saturated heterocycles. The molecule has 0 saturated carbocycles. The molecular formula is C16H23N6O2+. The van der Waals surface area contributed by atoms with E-state index in [9.17, 15) is 9.59 Å². The number of imide groups is 1. The molecule has 128 valence electrons. The number of hydrazone groups is 1. The summed E-state index contributed by atoms with van der Waals surface area (Å²) in [6.07, 6.45) is 4.66. The van der Waals surface area contributed by atoms with E-state index in [4.69, 9.17) is 0 Å². The van der Waals surface area contributed by atoms with Gasteiger partial charge in [0.05, 0.1) is 5.71 Å². The van der Waals surface area contributed by atoms with Gasteiger partial charge in [-0.2, -0.15) is 0 Å². The molecule has 3 heterocycles. The van der Waals surface area contributed by atoms with Crippen molar-refractivity contribution in [3.8, 4) is 0 Å². The summed E-state index contributed by atoms with van der Waals surface area (Å²) in [5.41, 5.74) is 0.911. The van der Waals surface area contributed by atoms with Crippen LogP contribution in [0, 0.1) is 0 Å². The number of carbonyl (C=O) groups excluding carboxylic acids is 2. The summed E-state index contributed by atoms with van der Waals surface area (Å²) < 4.78 is 1.94. The Morgan fingerprint density at radius 3 is 2.79 bits per heavy atom. The summed E-state index contributed by atoms with van der Waals surface area (Å²) in [5.74, 6) is 0.919. The number of allylic oxidation sites excluding steroid dienone is 1. The number of likely N-dealkylation sites (N-methyl/N-ethyl adjacent to an activating group) is 1. The van der Waals surface area contributed by atoms with Crippen molar-refractivity contribution in [1.82, 2.24) is 14.8 Å². The molecule has 0 aromatic carbocycles. The summed E-state index contributed by atoms with van der Waals surface area (Å²) >= 11 is 0. The monoisotopic (exact) mass is 331 g/mol. The smallest absolute Gasteiger partial charge is 0.270 e. The lowest BCUT2D eigenvalue weighted by Gasteiger charge is -2.34. The van der Waals surface area contributed by atoms with Crippen LogP contribution in [0.3, 0.4) is 0 Å². The molecule has 3 aliphatic rings. The van der Waals surface area contributed by atoms with Crippen LogP contribution in [0.25, 0.3) is 0 Å². The Balaban J connectivity index is 2.00. The van der Waals surface area contributed by atoms with Gasteiger partial charge in [0.1, 0.15) is 13.1 Å². The minimum Gasteiger partial charge on any atom is -0.270 e. The van der Waals surface area contributed by atoms with Crippen molar-refractivity contribution in [3.63, 3.8) is 0 Å². The van der Waals surface area contributed by atoms with Crippen molar-refractivity contribution in [1.29, 1.82) is 0 Å². The molecule has 1 unspecified atom stereocenters. The number of hydrogen-bond acceptors (Lipinski definition) is 5. The lowest BCUT2D eigenvalue weighted by molar-refractivity contribution is -0.527. The summed E-state index contributed by atoms with van der Waals surface area (Å²) in [6.45, 7) is 7.36. The number of rotatable bonds is 4. The number of fused-ring (bicyclic) bond motifs is 2. The molecule has 0 spiro atoms. The van der Waals surface area contributed by atoms with Crippen molar-refractivity contribution in [2.75, 3.05) is 26.7 Å². The van der Waals surface area contributed by atoms with Crippen LogP contribution in [0.2, 0.25) is 0 Å². The maximum Gasteiger partial charge on any atom is 0.417 e. The van der Waals surface area contributed by atoms with Gasteiger partial charge in [-0.25, -0.2) is 9.37 Å². The fraction of sp³-hybridized carbons (Fsp3) is 0.562. The highest BCUT2D eigenvalue weighted by Crippen LogP contribution is 2.23. The van der Waals surface area contributed by atoms with E-state index < -0.39 is 6.04 Å². The molecule has 3 amide bonds. The summed E-state index contributed by atoms with van der Waals surface area (Å²) in [5, 5.41) is 6.31. The Hall–Kier alpha value is -2.51. The largest absolute Gasteiger partial charge is 0.417 e. The first-order valence-electron chi connectivity index (χ1n) is 8.23. The minimum atomic E-state index is -0.548. The first kappa shape index (κ1) is 16.4. The van der Waals surface area contributed by atoms with Crippen LogP contribution in [0.5, 0.6) is 0 Å². The number of amidine groups is 1. The molecule has 0 aliphatic carbocycles. The van der Waals surface area contributed by atoms with Crippen LogP contribution in [0.1, 0.15) is 27.2 Å². The quantitative estimate of drug-likeness (QED) is 0.562. The van der Waals surface area contributed by atoms with Crippen molar-refractivity contribution in [3.05, 3.63) is 12.2 Å². The summed E-state index contributed by atoms with van der Waals surface area (Å²) in [7, 11) is 1.67. The normalized spacial score (nSPS) is 23.8. The van der Waals surface area contributed by atoms with Gasteiger partial charge in [0, 0.05) is 13.6 Å². The average molecular weight is 331 g/mol. The molecule has 8 heteroatoms. The second-order valence-corrected chi connectivity index (χ2v) is 6.12. The molecular weight excluding hydrogens is 308 g/mol. The Morgan fingerprint density at radius 2 is 2.12 bits per heavy atom. The Kier molecular flexibility index (Phi) is 4.21. The number of carbonyl (C=O) groups is 2. The van der Waals surface area contributed by atoms with Crippen molar-refractivity contribution >= 4 is 29.4 Å². The molecule has 8 nitrogen and oxygen atoms in total. The van der Waals surface area contributed by atoms with Crippen LogP contribution >= 0.6 is 0 Å². The number of aliphatic imine (C=N–C) groups is 1. The third kappa shape index (κ3) is 2.42. The minimum absolute atomic E-state index is 0.200. The van der Waals surface area contributed by atoms with Gasteiger partial charge >= 0.3 is 12.0 Å². The zero-order chi connectivity index (χ0) is 17.4. The fourth-order valence-corrected chi connectivity index (χ4v) is 3.16. The zero-order valence-electron chi connectivity index (χ0n) is 14.6. The second kappa shape index (κ2) is 6.18. The van der Waals surface area contributed by atoms with E-state index in [1.807, 2.05) is 37.5 Å². The SMILES string of the molecule is C/C=C/CN1N=C(C)C[N+]2=C1N=C1C2C(=O)N(CCC)C(=O)N1C. The number of amides is 3. The van der Waals surface area contributed by atoms with E-state index in [0.29, 0.717) is 31.4 Å². The summed E-state index contributed by atoms with van der Waals surface area (Å²) in [4.78, 5) is 32.8. The molecule has 0 radical (unpaired) electrons. The molecule has 1 atom stereocenters. The third-order valence-corrected chi connectivity index (χ3v) is 4.27. The predicted octanol–water partition coefficient (Wildman–Crippen LogP) is 0.707. The van der Waals surface area contributed by atoms with Crippen molar-refractivity contribution in [2.24, 2.45) is 10.1 Å². The van der Waals surface area contributed by atoms with E-state index >= 15 is 0 Å². The van der Waals surface area contributed by atoms with E-state index in [-0.39, 0.29) is 11.9 Å². The van der Waals surface area contributed by atoms with Gasteiger partial charge < -0.3 is 0 Å². The van der Waals surface area contributed by atoms with Crippen LogP contribution in [-0.4, -0.2) is 81.6 Å². The lowest BCUT2D eigenvalue weighted by atomic mass is 10.1. The fourth-order valence-electron chi connectivity index (χ4n) is 3.16. The van der Waals surface area contributed by atoms with Gasteiger partial charge in [0.25, 0.3) is 5.91 Å². The van der Waals surface area contributed by atoms with Gasteiger partial charge in [-0.3, -0.25) is 14.6 Å². The molecule has 0 aromatic rings. The van der Waals surface area contributed by atoms with Gasteiger partial charge in [0.15, 0.2) is 0 Å². The van der Waals surface area contributed by atoms with E-state index in [0.717, 1.165) is 12.1 Å². The molecule has 0 N–H and O–H groups in total. The maximum atomic E-state index is 12.9. The topological polar surface area (TPSA) is 71.6 Å². The Labute approximate surface area is 141 Å². The molecule has 0 aromatic heterocycles. The molecule has 0 bridgehead atoms. The number of nitrogens with zero attached hydrogens (tertiary/aromatic N) is 6. The Bertz CT molecular complexity index is 705. The standard InChI is InChI=1S/C16H23N6O2/c1-5-7-9-22-15-17-13-12(21(15)10-11(3)18-22)14(23)20(8-6-2)16(24)19(13)4/h5,7,12H,6,8-10H2,1-4H3/q+1/b7-5+. The lowest BCUT2D eigenvalue weighted by Crippen LogP contribution is -2.63. The first-order valence-corrected chi connectivity index (χ1v) is 8.23. The molecule has 1 fully saturated rings. The highest BCUT2D eigenvalue weighted by atomic mass is 16.2. The molecule has 3 rings (SSSR count). The number of guanidine groups is 1. The highest BCUT2D eigenvalue weighted by Gasteiger charge is 2.54. The van der Waals surface area contributed by atoms with Gasteiger partial charge in [-0.05, 0) is 20.3 Å². The van der Waals surface area contributed by atoms with Crippen LogP contribution in [0.15, 0.2) is 22.2 Å². The van der Waals surface area contributed by atoms with Crippen LogP contribution in [-0.2, 0) is 4.79 Å². The van der Waals surface area contributed by atoms with E-state index in [2.05, 4.69) is 10.1 Å². The first-order chi connectivity index (χ1) is 11.5. The van der Waals surface area contributed by atoms with Crippen molar-refractivity contribution in [2.45, 2.75) is 33.2 Å². The predicted molar refractivity (Wildman–Crippen MR) is 91.1 cm³/mol. The van der Waals surface area contributed by atoms with Gasteiger partial charge in [0.2, 0.25) is 11.9 Å². The second-order valence-electron chi connectivity index (χ2n) is 6.12. The highest BCUT2D eigenvalue weighted by molar-refractivity contribution is 6.23. The van der Waals surface area contributed by atoms with E-state index in [1.54, 1.807) is 12.1 Å². The molecule has 24 heavy (non-hydrogen) atoms. The molecule has 3 aliphatic heterocycles. The van der Waals surface area contributed by atoms with E-state index in [1.165, 1.54) is 9.80 Å². The average Bonchev–Trinajstić information content (AvgIpc) is 2.94. The maximum absolute atomic E-state index is 12.9. The number of hydrogen-bond donors (Lipinski definition) is 0. The zero-order valence-corrected chi connectivity index (χ0v) is 14.6.